The van der Waals surface area contributed by atoms with Crippen LogP contribution >= 0.6 is 0 Å². The van der Waals surface area contributed by atoms with Gasteiger partial charge in [-0.1, -0.05) is 12.1 Å². The Morgan fingerprint density at radius 2 is 1.92 bits per heavy atom. The molecule has 3 aromatic rings. The number of benzene rings is 1. The normalized spacial score (nSPS) is 12.2. The van der Waals surface area contributed by atoms with E-state index >= 15 is 0 Å². The standard InChI is InChI=1S/C17H17N3O4/c1-11(14-8-5-9-24-14)19(2)15(21)10-20-17(23)13-7-4-3-6-12(13)16(22)18-20/h3-9,11H,10H2,1-2H3,(H,18,22). The molecule has 0 aliphatic heterocycles. The average Bonchev–Trinajstić information content (AvgIpc) is 3.12. The van der Waals surface area contributed by atoms with E-state index in [1.165, 1.54) is 11.2 Å². The van der Waals surface area contributed by atoms with Crippen LogP contribution in [0.1, 0.15) is 18.7 Å². The zero-order valence-electron chi connectivity index (χ0n) is 13.4. The second-order valence-corrected chi connectivity index (χ2v) is 5.57. The van der Waals surface area contributed by atoms with Crippen LogP contribution in [0.4, 0.5) is 0 Å². The number of hydrogen-bond donors (Lipinski definition) is 1. The number of hydrogen-bond acceptors (Lipinski definition) is 4. The molecule has 0 aliphatic carbocycles. The van der Waals surface area contributed by atoms with Crippen LogP contribution in [0.2, 0.25) is 0 Å². The molecule has 1 N–H and O–H groups in total. The van der Waals surface area contributed by atoms with Crippen molar-refractivity contribution in [2.75, 3.05) is 7.05 Å². The van der Waals surface area contributed by atoms with Crippen LogP contribution in [0.5, 0.6) is 0 Å². The molecule has 1 unspecified atom stereocenters. The smallest absolute Gasteiger partial charge is 0.273 e. The molecular formula is C17H17N3O4. The van der Waals surface area contributed by atoms with Crippen LogP contribution in [0.25, 0.3) is 10.8 Å². The van der Waals surface area contributed by atoms with Gasteiger partial charge >= 0.3 is 0 Å². The zero-order chi connectivity index (χ0) is 17.3. The van der Waals surface area contributed by atoms with Crippen molar-refractivity contribution in [3.05, 3.63) is 69.1 Å². The summed E-state index contributed by atoms with van der Waals surface area (Å²) in [7, 11) is 1.62. The highest BCUT2D eigenvalue weighted by molar-refractivity contribution is 5.81. The quantitative estimate of drug-likeness (QED) is 0.786. The Kier molecular flexibility index (Phi) is 4.07. The number of aromatic amines is 1. The summed E-state index contributed by atoms with van der Waals surface area (Å²) >= 11 is 0. The minimum Gasteiger partial charge on any atom is -0.467 e. The second-order valence-electron chi connectivity index (χ2n) is 5.57. The molecule has 0 saturated heterocycles. The SMILES string of the molecule is CC(c1ccco1)N(C)C(=O)Cn1[nH]c(=O)c2ccccc2c1=O. The van der Waals surface area contributed by atoms with Crippen molar-refractivity contribution in [3.63, 3.8) is 0 Å². The molecule has 1 aromatic carbocycles. The number of nitrogens with one attached hydrogen (secondary N) is 1. The fraction of sp³-hybridized carbons (Fsp3) is 0.235. The van der Waals surface area contributed by atoms with E-state index in [-0.39, 0.29) is 23.9 Å². The molecule has 3 rings (SSSR count). The molecule has 1 atom stereocenters. The highest BCUT2D eigenvalue weighted by Gasteiger charge is 2.20. The predicted molar refractivity (Wildman–Crippen MR) is 88.7 cm³/mol. The summed E-state index contributed by atoms with van der Waals surface area (Å²) < 4.78 is 6.34. The maximum Gasteiger partial charge on any atom is 0.273 e. The molecule has 24 heavy (non-hydrogen) atoms. The highest BCUT2D eigenvalue weighted by Crippen LogP contribution is 2.19. The molecule has 2 aromatic heterocycles. The summed E-state index contributed by atoms with van der Waals surface area (Å²) in [6.45, 7) is 1.57. The van der Waals surface area contributed by atoms with E-state index < -0.39 is 11.1 Å². The number of carbonyl (C=O) groups is 1. The van der Waals surface area contributed by atoms with Crippen LogP contribution < -0.4 is 11.1 Å². The van der Waals surface area contributed by atoms with Crippen molar-refractivity contribution in [1.29, 1.82) is 0 Å². The third-order valence-electron chi connectivity index (χ3n) is 4.11. The van der Waals surface area contributed by atoms with Crippen LogP contribution in [0.15, 0.2) is 56.7 Å². The van der Waals surface area contributed by atoms with Gasteiger partial charge in [0.2, 0.25) is 5.91 Å². The molecule has 1 amide bonds. The molecule has 0 spiro atoms. The van der Waals surface area contributed by atoms with E-state index in [1.807, 2.05) is 6.92 Å². The second kappa shape index (κ2) is 6.19. The molecule has 0 bridgehead atoms. The fourth-order valence-corrected chi connectivity index (χ4v) is 2.54. The Hall–Kier alpha value is -3.09. The Morgan fingerprint density at radius 3 is 2.58 bits per heavy atom. The third kappa shape index (κ3) is 2.76. The maximum atomic E-state index is 12.5. The van der Waals surface area contributed by atoms with Crippen LogP contribution in [-0.4, -0.2) is 27.6 Å². The first-order valence-corrected chi connectivity index (χ1v) is 7.50. The molecule has 0 aliphatic rings. The number of rotatable bonds is 4. The van der Waals surface area contributed by atoms with E-state index in [0.29, 0.717) is 11.1 Å². The van der Waals surface area contributed by atoms with Gasteiger partial charge in [-0.2, -0.15) is 0 Å². The summed E-state index contributed by atoms with van der Waals surface area (Å²) in [6.07, 6.45) is 1.54. The van der Waals surface area contributed by atoms with Gasteiger partial charge in [0, 0.05) is 7.05 Å². The third-order valence-corrected chi connectivity index (χ3v) is 4.11. The summed E-state index contributed by atoms with van der Waals surface area (Å²) in [6, 6.07) is 9.76. The Bertz CT molecular complexity index is 985. The predicted octanol–water partition coefficient (Wildman–Crippen LogP) is 1.50. The lowest BCUT2D eigenvalue weighted by Crippen LogP contribution is -2.38. The first-order valence-electron chi connectivity index (χ1n) is 7.50. The van der Waals surface area contributed by atoms with E-state index in [2.05, 4.69) is 5.10 Å². The number of H-pyrrole nitrogens is 1. The number of likely N-dealkylation sites (N-methyl/N-ethyl adjacent to an activating group) is 1. The van der Waals surface area contributed by atoms with E-state index in [1.54, 1.807) is 43.4 Å². The first kappa shape index (κ1) is 15.8. The first-order chi connectivity index (χ1) is 11.5. The lowest BCUT2D eigenvalue weighted by Gasteiger charge is -2.23. The summed E-state index contributed by atoms with van der Waals surface area (Å²) in [5, 5.41) is 3.05. The minimum atomic E-state index is -0.405. The molecule has 7 nitrogen and oxygen atoms in total. The molecule has 0 radical (unpaired) electrons. The largest absolute Gasteiger partial charge is 0.467 e. The Labute approximate surface area is 137 Å². The number of amides is 1. The summed E-state index contributed by atoms with van der Waals surface area (Å²) in [5.74, 6) is 0.331. The van der Waals surface area contributed by atoms with Crippen molar-refractivity contribution in [3.8, 4) is 0 Å². The Morgan fingerprint density at radius 1 is 1.21 bits per heavy atom. The van der Waals surface area contributed by atoms with E-state index in [9.17, 15) is 14.4 Å². The topological polar surface area (TPSA) is 88.3 Å². The number of furan rings is 1. The van der Waals surface area contributed by atoms with Gasteiger partial charge in [-0.3, -0.25) is 19.5 Å². The summed E-state index contributed by atoms with van der Waals surface area (Å²) in [5.41, 5.74) is -0.808. The van der Waals surface area contributed by atoms with Gasteiger partial charge in [-0.05, 0) is 31.2 Å². The zero-order valence-corrected chi connectivity index (χ0v) is 13.4. The average molecular weight is 327 g/mol. The highest BCUT2D eigenvalue weighted by atomic mass is 16.3. The number of aromatic nitrogens is 2. The maximum absolute atomic E-state index is 12.5. The number of carbonyl (C=O) groups excluding carboxylic acids is 1. The summed E-state index contributed by atoms with van der Waals surface area (Å²) in [4.78, 5) is 38.4. The monoisotopic (exact) mass is 327 g/mol. The molecule has 0 saturated carbocycles. The van der Waals surface area contributed by atoms with Gasteiger partial charge < -0.3 is 9.32 Å². The number of nitrogens with zero attached hydrogens (tertiary/aromatic N) is 2. The van der Waals surface area contributed by atoms with Gasteiger partial charge in [-0.15, -0.1) is 0 Å². The molecular weight excluding hydrogens is 310 g/mol. The Balaban J connectivity index is 1.90. The van der Waals surface area contributed by atoms with Gasteiger partial charge in [0.05, 0.1) is 23.1 Å². The molecule has 7 heteroatoms. The van der Waals surface area contributed by atoms with E-state index in [0.717, 1.165) is 4.68 Å². The molecule has 2 heterocycles. The molecule has 124 valence electrons. The van der Waals surface area contributed by atoms with Crippen LogP contribution in [-0.2, 0) is 11.3 Å². The van der Waals surface area contributed by atoms with Gasteiger partial charge in [-0.25, -0.2) is 4.68 Å². The van der Waals surface area contributed by atoms with Crippen molar-refractivity contribution >= 4 is 16.7 Å². The van der Waals surface area contributed by atoms with Crippen molar-refractivity contribution in [1.82, 2.24) is 14.7 Å². The van der Waals surface area contributed by atoms with E-state index in [4.69, 9.17) is 4.42 Å². The van der Waals surface area contributed by atoms with Gasteiger partial charge in [0.15, 0.2) is 0 Å². The minimum absolute atomic E-state index is 0.250. The lowest BCUT2D eigenvalue weighted by molar-refractivity contribution is -0.133. The molecule has 0 fully saturated rings. The van der Waals surface area contributed by atoms with Crippen LogP contribution in [0, 0.1) is 0 Å². The fourth-order valence-electron chi connectivity index (χ4n) is 2.54. The number of fused-ring (bicyclic) bond motifs is 1. The van der Waals surface area contributed by atoms with Crippen molar-refractivity contribution in [2.24, 2.45) is 0 Å². The van der Waals surface area contributed by atoms with Crippen molar-refractivity contribution in [2.45, 2.75) is 19.5 Å². The van der Waals surface area contributed by atoms with Gasteiger partial charge in [0.1, 0.15) is 12.3 Å². The lowest BCUT2D eigenvalue weighted by atomic mass is 10.2. The van der Waals surface area contributed by atoms with Gasteiger partial charge in [0.25, 0.3) is 11.1 Å². The van der Waals surface area contributed by atoms with Crippen molar-refractivity contribution < 1.29 is 9.21 Å². The van der Waals surface area contributed by atoms with Crippen LogP contribution in [0.3, 0.4) is 0 Å².